The second-order valence-corrected chi connectivity index (χ2v) is 8.42. The SMILES string of the molecule is CN1[C@@H]2CC[C@H]1CN(Cc1nc3c(oc4ccc(Br)cc43)c(=O)[nH]1)CC2. The predicted octanol–water partition coefficient (Wildman–Crippen LogP) is 3.10. The Labute approximate surface area is 159 Å². The first-order chi connectivity index (χ1) is 12.6. The average molecular weight is 417 g/mol. The van der Waals surface area contributed by atoms with Gasteiger partial charge in [0.1, 0.15) is 16.9 Å². The number of likely N-dealkylation sites (N-methyl/N-ethyl adjacent to an activating group) is 1. The highest BCUT2D eigenvalue weighted by Crippen LogP contribution is 2.30. The molecule has 1 aromatic carbocycles. The monoisotopic (exact) mass is 416 g/mol. The summed E-state index contributed by atoms with van der Waals surface area (Å²) in [6.45, 7) is 2.75. The number of rotatable bonds is 2. The number of likely N-dealkylation sites (tertiary alicyclic amines) is 1. The third-order valence-electron chi connectivity index (χ3n) is 5.94. The zero-order chi connectivity index (χ0) is 17.8. The van der Waals surface area contributed by atoms with Gasteiger partial charge in [-0.05, 0) is 44.5 Å². The molecule has 1 N–H and O–H groups in total. The van der Waals surface area contributed by atoms with E-state index in [9.17, 15) is 4.79 Å². The minimum absolute atomic E-state index is 0.203. The van der Waals surface area contributed by atoms with E-state index in [1.807, 2.05) is 18.2 Å². The quantitative estimate of drug-likeness (QED) is 0.694. The Balaban J connectivity index is 1.50. The van der Waals surface area contributed by atoms with E-state index in [1.54, 1.807) is 0 Å². The van der Waals surface area contributed by atoms with Crippen molar-refractivity contribution in [2.24, 2.45) is 0 Å². The summed E-state index contributed by atoms with van der Waals surface area (Å²) in [5.74, 6) is 0.714. The molecule has 0 aliphatic carbocycles. The van der Waals surface area contributed by atoms with Crippen LogP contribution in [0.4, 0.5) is 0 Å². The van der Waals surface area contributed by atoms with Crippen molar-refractivity contribution < 1.29 is 4.42 Å². The first kappa shape index (κ1) is 16.5. The van der Waals surface area contributed by atoms with Gasteiger partial charge in [-0.3, -0.25) is 14.6 Å². The predicted molar refractivity (Wildman–Crippen MR) is 104 cm³/mol. The Morgan fingerprint density at radius 2 is 2.15 bits per heavy atom. The molecular formula is C19H21BrN4O2. The number of furan rings is 1. The van der Waals surface area contributed by atoms with Crippen LogP contribution in [0, 0.1) is 0 Å². The lowest BCUT2D eigenvalue weighted by atomic mass is 10.1. The second kappa shape index (κ2) is 6.18. The first-order valence-corrected chi connectivity index (χ1v) is 9.93. The number of aromatic amines is 1. The molecule has 6 nitrogen and oxygen atoms in total. The molecule has 2 aliphatic heterocycles. The fraction of sp³-hybridized carbons (Fsp3) is 0.474. The summed E-state index contributed by atoms with van der Waals surface area (Å²) in [5.41, 5.74) is 1.43. The lowest BCUT2D eigenvalue weighted by Crippen LogP contribution is -2.36. The van der Waals surface area contributed by atoms with Crippen molar-refractivity contribution in [3.8, 4) is 0 Å². The maximum absolute atomic E-state index is 12.5. The third kappa shape index (κ3) is 2.69. The van der Waals surface area contributed by atoms with Gasteiger partial charge in [-0.15, -0.1) is 0 Å². The van der Waals surface area contributed by atoms with E-state index in [-0.39, 0.29) is 5.56 Å². The molecule has 3 aromatic rings. The number of fused-ring (bicyclic) bond motifs is 5. The summed E-state index contributed by atoms with van der Waals surface area (Å²) in [7, 11) is 2.24. The van der Waals surface area contributed by atoms with Gasteiger partial charge in [0.25, 0.3) is 5.56 Å². The minimum atomic E-state index is -0.203. The van der Waals surface area contributed by atoms with Crippen LogP contribution in [-0.2, 0) is 6.54 Å². The van der Waals surface area contributed by atoms with E-state index in [1.165, 1.54) is 19.3 Å². The highest BCUT2D eigenvalue weighted by Gasteiger charge is 2.34. The minimum Gasteiger partial charge on any atom is -0.449 e. The van der Waals surface area contributed by atoms with Gasteiger partial charge in [0.05, 0.1) is 6.54 Å². The molecule has 136 valence electrons. The summed E-state index contributed by atoms with van der Waals surface area (Å²) in [6, 6.07) is 7.04. The number of halogens is 1. The Morgan fingerprint density at radius 1 is 1.31 bits per heavy atom. The lowest BCUT2D eigenvalue weighted by Gasteiger charge is -2.25. The summed E-state index contributed by atoms with van der Waals surface area (Å²) in [6.07, 6.45) is 3.76. The smallest absolute Gasteiger partial charge is 0.294 e. The van der Waals surface area contributed by atoms with Crippen LogP contribution in [0.25, 0.3) is 22.1 Å². The molecule has 2 aliphatic rings. The van der Waals surface area contributed by atoms with E-state index >= 15 is 0 Å². The van der Waals surface area contributed by atoms with Crippen molar-refractivity contribution in [3.63, 3.8) is 0 Å². The molecule has 4 heterocycles. The van der Waals surface area contributed by atoms with Crippen LogP contribution in [0.15, 0.2) is 31.9 Å². The van der Waals surface area contributed by atoms with Crippen molar-refractivity contribution in [2.75, 3.05) is 20.1 Å². The summed E-state index contributed by atoms with van der Waals surface area (Å²) < 4.78 is 6.66. The fourth-order valence-corrected chi connectivity index (χ4v) is 4.84. The molecule has 0 saturated carbocycles. The van der Waals surface area contributed by atoms with Crippen LogP contribution in [0.1, 0.15) is 25.1 Å². The second-order valence-electron chi connectivity index (χ2n) is 7.51. The van der Waals surface area contributed by atoms with Crippen molar-refractivity contribution in [1.29, 1.82) is 0 Å². The number of hydrogen-bond donors (Lipinski definition) is 1. The van der Waals surface area contributed by atoms with Crippen LogP contribution in [0.2, 0.25) is 0 Å². The molecule has 0 unspecified atom stereocenters. The number of benzene rings is 1. The van der Waals surface area contributed by atoms with Gasteiger partial charge in [0.15, 0.2) is 0 Å². The summed E-state index contributed by atoms with van der Waals surface area (Å²) in [4.78, 5) is 25.1. The lowest BCUT2D eigenvalue weighted by molar-refractivity contribution is 0.212. The van der Waals surface area contributed by atoms with Crippen LogP contribution >= 0.6 is 15.9 Å². The van der Waals surface area contributed by atoms with Crippen LogP contribution in [0.5, 0.6) is 0 Å². The van der Waals surface area contributed by atoms with E-state index in [0.29, 0.717) is 41.1 Å². The van der Waals surface area contributed by atoms with Gasteiger partial charge in [-0.25, -0.2) is 4.98 Å². The van der Waals surface area contributed by atoms with Crippen molar-refractivity contribution in [1.82, 2.24) is 19.8 Å². The third-order valence-corrected chi connectivity index (χ3v) is 6.43. The molecular weight excluding hydrogens is 396 g/mol. The van der Waals surface area contributed by atoms with E-state index < -0.39 is 0 Å². The van der Waals surface area contributed by atoms with Gasteiger partial charge >= 0.3 is 0 Å². The molecule has 0 spiro atoms. The molecule has 26 heavy (non-hydrogen) atoms. The molecule has 2 bridgehead atoms. The molecule has 0 radical (unpaired) electrons. The molecule has 2 fully saturated rings. The van der Waals surface area contributed by atoms with Crippen LogP contribution in [-0.4, -0.2) is 52.0 Å². The zero-order valence-electron chi connectivity index (χ0n) is 14.7. The average Bonchev–Trinajstić information content (AvgIpc) is 3.08. The largest absolute Gasteiger partial charge is 0.449 e. The number of nitrogens with zero attached hydrogens (tertiary/aromatic N) is 3. The molecule has 2 saturated heterocycles. The summed E-state index contributed by atoms with van der Waals surface area (Å²) >= 11 is 3.48. The Kier molecular flexibility index (Phi) is 3.92. The van der Waals surface area contributed by atoms with Gasteiger partial charge in [-0.1, -0.05) is 15.9 Å². The molecule has 7 heteroatoms. The Bertz CT molecular complexity index is 1040. The number of nitrogens with one attached hydrogen (secondary N) is 1. The van der Waals surface area contributed by atoms with Gasteiger partial charge in [0.2, 0.25) is 5.58 Å². The van der Waals surface area contributed by atoms with Gasteiger partial charge < -0.3 is 9.40 Å². The number of aromatic nitrogens is 2. The standard InChI is InChI=1S/C19H21BrN4O2/c1-23-12-3-4-13(23)9-24(7-6-12)10-16-21-17-14-8-11(20)2-5-15(14)26-18(17)19(25)22-16/h2,5,8,12-13H,3-4,6-7,9-10H2,1H3,(H,21,22,25)/t12-,13+/m1/s1. The topological polar surface area (TPSA) is 65.4 Å². The van der Waals surface area contributed by atoms with Crippen LogP contribution in [0.3, 0.4) is 0 Å². The molecule has 0 amide bonds. The van der Waals surface area contributed by atoms with Crippen LogP contribution < -0.4 is 5.56 Å². The molecule has 2 atom stereocenters. The maximum Gasteiger partial charge on any atom is 0.294 e. The van der Waals surface area contributed by atoms with Crippen molar-refractivity contribution in [3.05, 3.63) is 38.9 Å². The first-order valence-electron chi connectivity index (χ1n) is 9.14. The fourth-order valence-electron chi connectivity index (χ4n) is 4.48. The maximum atomic E-state index is 12.5. The van der Waals surface area contributed by atoms with Gasteiger partial charge in [-0.2, -0.15) is 0 Å². The number of hydrogen-bond acceptors (Lipinski definition) is 5. The molecule has 5 rings (SSSR count). The Hall–Kier alpha value is -1.70. The van der Waals surface area contributed by atoms with E-state index in [2.05, 4.69) is 37.8 Å². The summed E-state index contributed by atoms with van der Waals surface area (Å²) in [5, 5.41) is 0.872. The van der Waals surface area contributed by atoms with Crippen molar-refractivity contribution in [2.45, 2.75) is 37.9 Å². The van der Waals surface area contributed by atoms with Gasteiger partial charge in [0, 0.05) is 35.0 Å². The van der Waals surface area contributed by atoms with E-state index in [0.717, 1.165) is 22.9 Å². The highest BCUT2D eigenvalue weighted by molar-refractivity contribution is 9.10. The highest BCUT2D eigenvalue weighted by atomic mass is 79.9. The molecule has 2 aromatic heterocycles. The van der Waals surface area contributed by atoms with E-state index in [4.69, 9.17) is 9.40 Å². The number of H-pyrrole nitrogens is 1. The van der Waals surface area contributed by atoms with Crippen molar-refractivity contribution >= 4 is 38.0 Å². The normalized spacial score (nSPS) is 24.5. The zero-order valence-corrected chi connectivity index (χ0v) is 16.3. The Morgan fingerprint density at radius 3 is 3.04 bits per heavy atom.